The molecule has 152 valence electrons. The summed E-state index contributed by atoms with van der Waals surface area (Å²) in [7, 11) is 3.18. The largest absolute Gasteiger partial charge is 0.493 e. The smallest absolute Gasteiger partial charge is 0.330 e. The molecule has 7 heteroatoms. The number of aromatic nitrogens is 2. The van der Waals surface area contributed by atoms with Crippen LogP contribution in [0, 0.1) is 6.92 Å². The highest BCUT2D eigenvalue weighted by molar-refractivity contribution is 5.94. The maximum absolute atomic E-state index is 13.0. The predicted molar refractivity (Wildman–Crippen MR) is 111 cm³/mol. The minimum absolute atomic E-state index is 0.0769. The Bertz CT molecular complexity index is 1050. The molecule has 0 atom stereocenters. The Labute approximate surface area is 169 Å². The molecule has 3 aromatic rings. The number of H-pyrrole nitrogens is 1. The summed E-state index contributed by atoms with van der Waals surface area (Å²) in [5.41, 5.74) is 2.83. The topological polar surface area (TPSA) is 76.6 Å². The molecule has 1 heterocycles. The molecule has 0 fully saturated rings. The van der Waals surface area contributed by atoms with Gasteiger partial charge in [0, 0.05) is 30.5 Å². The molecule has 7 nitrogen and oxygen atoms in total. The van der Waals surface area contributed by atoms with Crippen LogP contribution >= 0.6 is 0 Å². The number of hydrogen-bond donors (Lipinski definition) is 1. The maximum Gasteiger partial charge on any atom is 0.330 e. The summed E-state index contributed by atoms with van der Waals surface area (Å²) in [4.78, 5) is 29.3. The van der Waals surface area contributed by atoms with Gasteiger partial charge in [-0.3, -0.25) is 9.36 Å². The number of aryl methyl sites for hydroxylation is 1. The first-order valence-electron chi connectivity index (χ1n) is 9.36. The van der Waals surface area contributed by atoms with E-state index >= 15 is 0 Å². The Morgan fingerprint density at radius 1 is 1.07 bits per heavy atom. The number of nitrogens with zero attached hydrogens (tertiary/aromatic N) is 2. The lowest BCUT2D eigenvalue weighted by Crippen LogP contribution is -2.30. The van der Waals surface area contributed by atoms with E-state index in [1.54, 1.807) is 54.1 Å². The van der Waals surface area contributed by atoms with E-state index in [0.717, 1.165) is 11.3 Å². The first kappa shape index (κ1) is 20.3. The van der Waals surface area contributed by atoms with Gasteiger partial charge in [0.1, 0.15) is 0 Å². The Morgan fingerprint density at radius 3 is 2.31 bits per heavy atom. The molecule has 3 rings (SSSR count). The molecule has 0 aliphatic carbocycles. The van der Waals surface area contributed by atoms with Crippen molar-refractivity contribution in [3.05, 3.63) is 76.0 Å². The third-order valence-corrected chi connectivity index (χ3v) is 4.82. The Balaban J connectivity index is 1.80. The van der Waals surface area contributed by atoms with E-state index in [1.165, 1.54) is 0 Å². The van der Waals surface area contributed by atoms with Crippen LogP contribution in [0.15, 0.2) is 53.5 Å². The van der Waals surface area contributed by atoms with Gasteiger partial charge in [-0.1, -0.05) is 6.07 Å². The van der Waals surface area contributed by atoms with Crippen molar-refractivity contribution in [1.29, 1.82) is 0 Å². The molecule has 0 unspecified atom stereocenters. The number of rotatable bonds is 7. The summed E-state index contributed by atoms with van der Waals surface area (Å²) in [6.07, 6.45) is 1.66. The lowest BCUT2D eigenvalue weighted by atomic mass is 10.1. The zero-order valence-corrected chi connectivity index (χ0v) is 17.1. The number of benzene rings is 2. The van der Waals surface area contributed by atoms with Gasteiger partial charge >= 0.3 is 5.69 Å². The molecular formula is C22H25N3O4. The molecule has 0 aliphatic heterocycles. The van der Waals surface area contributed by atoms with E-state index in [4.69, 9.17) is 9.47 Å². The van der Waals surface area contributed by atoms with Crippen molar-refractivity contribution in [2.75, 3.05) is 20.8 Å². The normalized spacial score (nSPS) is 10.6. The molecule has 1 N–H and O–H groups in total. The highest BCUT2D eigenvalue weighted by Crippen LogP contribution is 2.28. The fourth-order valence-electron chi connectivity index (χ4n) is 3.24. The third kappa shape index (κ3) is 4.18. The second-order valence-electron chi connectivity index (χ2n) is 6.63. The fraction of sp³-hybridized carbons (Fsp3) is 0.273. The van der Waals surface area contributed by atoms with Crippen molar-refractivity contribution in [1.82, 2.24) is 14.5 Å². The number of carbonyl (C=O) groups is 1. The van der Waals surface area contributed by atoms with Crippen molar-refractivity contribution in [3.8, 4) is 17.2 Å². The highest BCUT2D eigenvalue weighted by atomic mass is 16.5. The predicted octanol–water partition coefficient (Wildman–Crippen LogP) is 3.15. The van der Waals surface area contributed by atoms with Crippen molar-refractivity contribution in [2.24, 2.45) is 0 Å². The van der Waals surface area contributed by atoms with Crippen LogP contribution in [0.2, 0.25) is 0 Å². The molecular weight excluding hydrogens is 370 g/mol. The van der Waals surface area contributed by atoms with Crippen LogP contribution in [0.1, 0.15) is 28.5 Å². The van der Waals surface area contributed by atoms with Crippen LogP contribution in [-0.2, 0) is 6.54 Å². The Kier molecular flexibility index (Phi) is 6.07. The molecule has 0 radical (unpaired) electrons. The number of hydrogen-bond acceptors (Lipinski definition) is 4. The summed E-state index contributed by atoms with van der Waals surface area (Å²) >= 11 is 0. The summed E-state index contributed by atoms with van der Waals surface area (Å²) < 4.78 is 12.2. The number of nitrogens with one attached hydrogen (secondary N) is 1. The van der Waals surface area contributed by atoms with Crippen LogP contribution < -0.4 is 15.2 Å². The number of aromatic amines is 1. The molecule has 29 heavy (non-hydrogen) atoms. The van der Waals surface area contributed by atoms with E-state index in [0.29, 0.717) is 35.8 Å². The fourth-order valence-corrected chi connectivity index (χ4v) is 3.24. The summed E-state index contributed by atoms with van der Waals surface area (Å²) in [6, 6.07) is 12.7. The van der Waals surface area contributed by atoms with Crippen molar-refractivity contribution in [3.63, 3.8) is 0 Å². The number of methoxy groups -OCH3 is 2. The van der Waals surface area contributed by atoms with Crippen molar-refractivity contribution < 1.29 is 14.3 Å². The second-order valence-corrected chi connectivity index (χ2v) is 6.63. The summed E-state index contributed by atoms with van der Waals surface area (Å²) in [5.74, 6) is 1.20. The van der Waals surface area contributed by atoms with Gasteiger partial charge in [0.25, 0.3) is 5.91 Å². The first-order chi connectivity index (χ1) is 14.0. The number of carbonyl (C=O) groups excluding carboxylic acids is 1. The molecule has 0 aliphatic rings. The van der Waals surface area contributed by atoms with Crippen LogP contribution in [0.25, 0.3) is 5.69 Å². The monoisotopic (exact) mass is 395 g/mol. The standard InChI is InChI=1S/C22H25N3O4/c1-5-24(14-16-6-11-19(28-3)20(12-16)29-4)21(26)17-7-9-18(10-8-17)25-15(2)13-23-22(25)27/h6-13H,5,14H2,1-4H3,(H,23,27). The molecule has 1 amide bonds. The van der Waals surface area contributed by atoms with Gasteiger partial charge in [0.15, 0.2) is 11.5 Å². The van der Waals surface area contributed by atoms with E-state index in [2.05, 4.69) is 4.98 Å². The van der Waals surface area contributed by atoms with Crippen LogP contribution in [-0.4, -0.2) is 41.1 Å². The zero-order chi connectivity index (χ0) is 21.0. The molecule has 0 saturated heterocycles. The third-order valence-electron chi connectivity index (χ3n) is 4.82. The van der Waals surface area contributed by atoms with Crippen LogP contribution in [0.5, 0.6) is 11.5 Å². The number of ether oxygens (including phenoxy) is 2. The lowest BCUT2D eigenvalue weighted by Gasteiger charge is -2.22. The highest BCUT2D eigenvalue weighted by Gasteiger charge is 2.16. The quantitative estimate of drug-likeness (QED) is 0.667. The van der Waals surface area contributed by atoms with Gasteiger partial charge in [-0.25, -0.2) is 4.79 Å². The first-order valence-corrected chi connectivity index (χ1v) is 9.36. The zero-order valence-electron chi connectivity index (χ0n) is 17.1. The van der Waals surface area contributed by atoms with Gasteiger partial charge in [0.05, 0.1) is 19.9 Å². The van der Waals surface area contributed by atoms with Gasteiger partial charge in [-0.2, -0.15) is 0 Å². The average Bonchev–Trinajstić information content (AvgIpc) is 3.09. The summed E-state index contributed by atoms with van der Waals surface area (Å²) in [6.45, 7) is 4.80. The minimum atomic E-state index is -0.204. The Morgan fingerprint density at radius 2 is 1.76 bits per heavy atom. The summed E-state index contributed by atoms with van der Waals surface area (Å²) in [5, 5.41) is 0. The number of amides is 1. The van der Waals surface area contributed by atoms with E-state index in [1.807, 2.05) is 32.0 Å². The average molecular weight is 395 g/mol. The lowest BCUT2D eigenvalue weighted by molar-refractivity contribution is 0.0752. The van der Waals surface area contributed by atoms with Crippen molar-refractivity contribution in [2.45, 2.75) is 20.4 Å². The minimum Gasteiger partial charge on any atom is -0.493 e. The molecule has 0 bridgehead atoms. The van der Waals surface area contributed by atoms with Crippen molar-refractivity contribution >= 4 is 5.91 Å². The second kappa shape index (κ2) is 8.68. The Hall–Kier alpha value is -3.48. The number of imidazole rings is 1. The molecule has 1 aromatic heterocycles. The van der Waals surface area contributed by atoms with Crippen LogP contribution in [0.4, 0.5) is 0 Å². The van der Waals surface area contributed by atoms with E-state index in [-0.39, 0.29) is 11.6 Å². The van der Waals surface area contributed by atoms with Gasteiger partial charge < -0.3 is 19.4 Å². The maximum atomic E-state index is 13.0. The molecule has 0 saturated carbocycles. The van der Waals surface area contributed by atoms with Crippen LogP contribution in [0.3, 0.4) is 0 Å². The van der Waals surface area contributed by atoms with E-state index < -0.39 is 0 Å². The molecule has 0 spiro atoms. The van der Waals surface area contributed by atoms with Gasteiger partial charge in [-0.15, -0.1) is 0 Å². The van der Waals surface area contributed by atoms with E-state index in [9.17, 15) is 9.59 Å². The van der Waals surface area contributed by atoms with Gasteiger partial charge in [0.2, 0.25) is 0 Å². The molecule has 2 aromatic carbocycles. The SMILES string of the molecule is CCN(Cc1ccc(OC)c(OC)c1)C(=O)c1ccc(-n2c(C)c[nH]c2=O)cc1. The van der Waals surface area contributed by atoms with Gasteiger partial charge in [-0.05, 0) is 55.8 Å².